The first-order chi connectivity index (χ1) is 4.66. The van der Waals surface area contributed by atoms with E-state index in [4.69, 9.17) is 0 Å². The minimum atomic E-state index is 0.568. The quantitative estimate of drug-likeness (QED) is 0.460. The van der Waals surface area contributed by atoms with Gasteiger partial charge in [-0.1, -0.05) is 24.8 Å². The highest BCUT2D eigenvalue weighted by atomic mass is 16.1. The summed E-state index contributed by atoms with van der Waals surface area (Å²) in [5.41, 5.74) is 1.49. The highest BCUT2D eigenvalue weighted by Crippen LogP contribution is 1.92. The molecule has 0 aromatic heterocycles. The first-order valence-electron chi connectivity index (χ1n) is 2.89. The van der Waals surface area contributed by atoms with Gasteiger partial charge in [-0.25, -0.2) is 0 Å². The van der Waals surface area contributed by atoms with Crippen molar-refractivity contribution in [3.8, 4) is 0 Å². The van der Waals surface area contributed by atoms with Crippen molar-refractivity contribution in [2.24, 2.45) is 0 Å². The number of nitrogens with one attached hydrogen (secondary N) is 1. The van der Waals surface area contributed by atoms with Crippen molar-refractivity contribution in [1.29, 1.82) is 0 Å². The summed E-state index contributed by atoms with van der Waals surface area (Å²) in [5.74, 6) is 0. The second-order valence-electron chi connectivity index (χ2n) is 1.97. The highest BCUT2D eigenvalue weighted by Gasteiger charge is 1.80. The van der Waals surface area contributed by atoms with Gasteiger partial charge in [-0.3, -0.25) is 4.79 Å². The van der Waals surface area contributed by atoms with Gasteiger partial charge in [0, 0.05) is 5.70 Å². The van der Waals surface area contributed by atoms with Gasteiger partial charge >= 0.3 is 0 Å². The fourth-order valence-corrected chi connectivity index (χ4v) is 0.367. The van der Waals surface area contributed by atoms with Gasteiger partial charge in [0.1, 0.15) is 0 Å². The third-order valence-electron chi connectivity index (χ3n) is 0.813. The van der Waals surface area contributed by atoms with Crippen LogP contribution in [-0.2, 0) is 4.79 Å². The Morgan fingerprint density at radius 1 is 1.40 bits per heavy atom. The molecule has 0 saturated heterocycles. The molecule has 0 aromatic rings. The minimum absolute atomic E-state index is 0.568. The highest BCUT2D eigenvalue weighted by molar-refractivity contribution is 5.51. The molecule has 0 atom stereocenters. The molecule has 0 spiro atoms. The summed E-state index contributed by atoms with van der Waals surface area (Å²) in [6.07, 6.45) is 4.06. The summed E-state index contributed by atoms with van der Waals surface area (Å²) in [6, 6.07) is 0. The Balaban J connectivity index is 3.77. The molecule has 0 fully saturated rings. The number of allylic oxidation sites excluding steroid dienone is 3. The van der Waals surface area contributed by atoms with Gasteiger partial charge in [-0.05, 0) is 13.0 Å². The number of amides is 1. The molecule has 2 heteroatoms. The Morgan fingerprint density at radius 2 is 2.00 bits per heavy atom. The zero-order chi connectivity index (χ0) is 7.98. The van der Waals surface area contributed by atoms with Gasteiger partial charge < -0.3 is 5.32 Å². The van der Waals surface area contributed by atoms with E-state index in [-0.39, 0.29) is 0 Å². The second-order valence-corrected chi connectivity index (χ2v) is 1.97. The summed E-state index contributed by atoms with van der Waals surface area (Å²) in [5, 5.41) is 2.40. The SMILES string of the molecule is C=C(C)/C=C\C(=C)NC=O. The fourth-order valence-electron chi connectivity index (χ4n) is 0.367. The minimum Gasteiger partial charge on any atom is -0.329 e. The van der Waals surface area contributed by atoms with Crippen LogP contribution in [0.1, 0.15) is 6.92 Å². The zero-order valence-corrected chi connectivity index (χ0v) is 6.05. The lowest BCUT2D eigenvalue weighted by molar-refractivity contribution is -0.108. The molecule has 0 aliphatic carbocycles. The third kappa shape index (κ3) is 4.84. The van der Waals surface area contributed by atoms with Crippen molar-refractivity contribution in [2.75, 3.05) is 0 Å². The van der Waals surface area contributed by atoms with E-state index in [0.717, 1.165) is 5.57 Å². The van der Waals surface area contributed by atoms with E-state index in [1.54, 1.807) is 12.2 Å². The summed E-state index contributed by atoms with van der Waals surface area (Å²) in [6.45, 7) is 9.06. The Hall–Kier alpha value is -1.31. The van der Waals surface area contributed by atoms with Gasteiger partial charge in [0.25, 0.3) is 0 Å². The molecule has 0 unspecified atom stereocenters. The van der Waals surface area contributed by atoms with Crippen molar-refractivity contribution in [2.45, 2.75) is 6.92 Å². The number of hydrogen-bond donors (Lipinski definition) is 1. The van der Waals surface area contributed by atoms with Crippen molar-refractivity contribution in [1.82, 2.24) is 5.32 Å². The molecule has 2 nitrogen and oxygen atoms in total. The molecule has 1 N–H and O–H groups in total. The molecule has 0 bridgehead atoms. The summed E-state index contributed by atoms with van der Waals surface area (Å²) >= 11 is 0. The van der Waals surface area contributed by atoms with Gasteiger partial charge in [0.15, 0.2) is 0 Å². The molecule has 54 valence electrons. The first-order valence-corrected chi connectivity index (χ1v) is 2.89. The average Bonchev–Trinajstić information content (AvgIpc) is 1.85. The molecule has 0 radical (unpaired) electrons. The lowest BCUT2D eigenvalue weighted by Gasteiger charge is -1.93. The van der Waals surface area contributed by atoms with Crippen LogP contribution in [0.5, 0.6) is 0 Å². The maximum Gasteiger partial charge on any atom is 0.211 e. The van der Waals surface area contributed by atoms with Crippen molar-refractivity contribution in [3.63, 3.8) is 0 Å². The van der Waals surface area contributed by atoms with Crippen molar-refractivity contribution >= 4 is 6.41 Å². The Morgan fingerprint density at radius 3 is 2.40 bits per heavy atom. The smallest absolute Gasteiger partial charge is 0.211 e. The van der Waals surface area contributed by atoms with Gasteiger partial charge in [-0.2, -0.15) is 0 Å². The van der Waals surface area contributed by atoms with E-state index in [0.29, 0.717) is 12.1 Å². The predicted octanol–water partition coefficient (Wildman–Crippen LogP) is 1.38. The van der Waals surface area contributed by atoms with E-state index < -0.39 is 0 Å². The lowest BCUT2D eigenvalue weighted by Crippen LogP contribution is -2.06. The van der Waals surface area contributed by atoms with E-state index in [1.807, 2.05) is 6.92 Å². The molecule has 1 amide bonds. The zero-order valence-electron chi connectivity index (χ0n) is 6.05. The van der Waals surface area contributed by atoms with Crippen molar-refractivity contribution < 1.29 is 4.79 Å². The summed E-state index contributed by atoms with van der Waals surface area (Å²) < 4.78 is 0. The number of rotatable bonds is 4. The number of hydrogen-bond acceptors (Lipinski definition) is 1. The van der Waals surface area contributed by atoms with Crippen molar-refractivity contribution in [3.05, 3.63) is 36.6 Å². The molecule has 0 aliphatic rings. The molecule has 0 heterocycles. The van der Waals surface area contributed by atoms with Crippen LogP contribution in [0.15, 0.2) is 36.6 Å². The Labute approximate surface area is 60.9 Å². The Kier molecular flexibility index (Phi) is 3.96. The molecule has 0 aliphatic heterocycles. The molecular weight excluding hydrogens is 126 g/mol. The van der Waals surface area contributed by atoms with Gasteiger partial charge in [0.2, 0.25) is 6.41 Å². The summed E-state index contributed by atoms with van der Waals surface area (Å²) in [7, 11) is 0. The second kappa shape index (κ2) is 4.56. The van der Waals surface area contributed by atoms with Crippen LogP contribution >= 0.6 is 0 Å². The standard InChI is InChI=1S/C8H11NO/c1-7(2)4-5-8(3)9-6-10/h4-6H,1,3H2,2H3,(H,9,10)/b5-4-. The maximum absolute atomic E-state index is 9.83. The van der Waals surface area contributed by atoms with E-state index in [9.17, 15) is 4.79 Å². The largest absolute Gasteiger partial charge is 0.329 e. The molecule has 0 aromatic carbocycles. The van der Waals surface area contributed by atoms with Crippen LogP contribution < -0.4 is 5.32 Å². The first kappa shape index (κ1) is 8.69. The molecule has 10 heavy (non-hydrogen) atoms. The monoisotopic (exact) mass is 137 g/mol. The fraction of sp³-hybridized carbons (Fsp3) is 0.125. The third-order valence-corrected chi connectivity index (χ3v) is 0.813. The predicted molar refractivity (Wildman–Crippen MR) is 42.3 cm³/mol. The van der Waals surface area contributed by atoms with E-state index >= 15 is 0 Å². The topological polar surface area (TPSA) is 29.1 Å². The van der Waals surface area contributed by atoms with E-state index in [1.165, 1.54) is 0 Å². The number of carbonyl (C=O) groups is 1. The average molecular weight is 137 g/mol. The van der Waals surface area contributed by atoms with Crippen LogP contribution in [0.3, 0.4) is 0 Å². The molecule has 0 rings (SSSR count). The van der Waals surface area contributed by atoms with Crippen LogP contribution in [0.25, 0.3) is 0 Å². The normalized spacial score (nSPS) is 9.30. The maximum atomic E-state index is 9.83. The van der Waals surface area contributed by atoms with Crippen LogP contribution in [0, 0.1) is 0 Å². The van der Waals surface area contributed by atoms with Crippen LogP contribution in [0.4, 0.5) is 0 Å². The molecular formula is C8H11NO. The van der Waals surface area contributed by atoms with Gasteiger partial charge in [-0.15, -0.1) is 0 Å². The Bertz CT molecular complexity index is 180. The number of carbonyl (C=O) groups excluding carboxylic acids is 1. The lowest BCUT2D eigenvalue weighted by atomic mass is 10.3. The van der Waals surface area contributed by atoms with Crippen LogP contribution in [-0.4, -0.2) is 6.41 Å². The molecule has 0 saturated carbocycles. The van der Waals surface area contributed by atoms with Crippen LogP contribution in [0.2, 0.25) is 0 Å². The summed E-state index contributed by atoms with van der Waals surface area (Å²) in [4.78, 5) is 9.83. The van der Waals surface area contributed by atoms with Gasteiger partial charge in [0.05, 0.1) is 0 Å². The van der Waals surface area contributed by atoms with E-state index in [2.05, 4.69) is 18.5 Å².